The first-order valence-electron chi connectivity index (χ1n) is 12.8. The van der Waals surface area contributed by atoms with Gasteiger partial charge in [0.2, 0.25) is 0 Å². The van der Waals surface area contributed by atoms with Gasteiger partial charge in [0.15, 0.2) is 0 Å². The van der Waals surface area contributed by atoms with Gasteiger partial charge < -0.3 is 5.32 Å². The van der Waals surface area contributed by atoms with Crippen molar-refractivity contribution in [3.05, 3.63) is 151 Å². The molecule has 0 saturated heterocycles. The van der Waals surface area contributed by atoms with Crippen molar-refractivity contribution in [3.8, 4) is 16.9 Å². The van der Waals surface area contributed by atoms with Gasteiger partial charge >= 0.3 is 0 Å². The molecule has 0 aliphatic heterocycles. The Kier molecular flexibility index (Phi) is 7.80. The Labute approximate surface area is 242 Å². The van der Waals surface area contributed by atoms with E-state index in [1.807, 2.05) is 109 Å². The highest BCUT2D eigenvalue weighted by atomic mass is 32.2. The zero-order valence-corrected chi connectivity index (χ0v) is 23.1. The highest BCUT2D eigenvalue weighted by molar-refractivity contribution is 8.00. The lowest BCUT2D eigenvalue weighted by Crippen LogP contribution is -2.12. The fourth-order valence-corrected chi connectivity index (χ4v) is 6.22. The van der Waals surface area contributed by atoms with E-state index < -0.39 is 0 Å². The van der Waals surface area contributed by atoms with Gasteiger partial charge in [-0.2, -0.15) is 5.10 Å². The number of anilines is 1. The standard InChI is InChI=1S/C34H25N3OS2/c38-34(32-24-37(27-15-7-2-8-16-27)36-33(32)25-13-5-1-6-14-25)35-26-21-30(39-28-17-9-3-10-18-28)23-31(22-26)40-29-19-11-4-12-20-29/h1-24H,(H,35,38). The van der Waals surface area contributed by atoms with Crippen LogP contribution in [0.3, 0.4) is 0 Å². The molecule has 6 aromatic rings. The molecule has 0 bridgehead atoms. The third kappa shape index (κ3) is 6.20. The maximum atomic E-state index is 13.8. The Bertz CT molecular complexity index is 1660. The van der Waals surface area contributed by atoms with E-state index in [-0.39, 0.29) is 5.91 Å². The second kappa shape index (κ2) is 12.1. The summed E-state index contributed by atoms with van der Waals surface area (Å²) in [5.41, 5.74) is 3.65. The van der Waals surface area contributed by atoms with Gasteiger partial charge in [0.05, 0.1) is 11.3 Å². The number of nitrogens with zero attached hydrogens (tertiary/aromatic N) is 2. The van der Waals surface area contributed by atoms with Crippen LogP contribution in [0.2, 0.25) is 0 Å². The minimum absolute atomic E-state index is 0.210. The molecule has 194 valence electrons. The fraction of sp³-hybridized carbons (Fsp3) is 0. The Morgan fingerprint density at radius 3 is 1.65 bits per heavy atom. The molecule has 0 unspecified atom stereocenters. The van der Waals surface area contributed by atoms with Crippen LogP contribution in [0.25, 0.3) is 16.9 Å². The van der Waals surface area contributed by atoms with Gasteiger partial charge in [-0.15, -0.1) is 0 Å². The normalized spacial score (nSPS) is 10.8. The molecule has 0 radical (unpaired) electrons. The van der Waals surface area contributed by atoms with E-state index in [9.17, 15) is 4.79 Å². The molecular weight excluding hydrogens is 531 g/mol. The largest absolute Gasteiger partial charge is 0.322 e. The Morgan fingerprint density at radius 1 is 0.600 bits per heavy atom. The number of hydrogen-bond donors (Lipinski definition) is 1. The van der Waals surface area contributed by atoms with Crippen molar-refractivity contribution in [3.63, 3.8) is 0 Å². The molecule has 1 aromatic heterocycles. The minimum atomic E-state index is -0.210. The highest BCUT2D eigenvalue weighted by Gasteiger charge is 2.19. The molecule has 6 heteroatoms. The van der Waals surface area contributed by atoms with Gasteiger partial charge in [-0.05, 0) is 54.6 Å². The summed E-state index contributed by atoms with van der Waals surface area (Å²) >= 11 is 3.34. The van der Waals surface area contributed by atoms with Crippen LogP contribution < -0.4 is 5.32 Å². The molecule has 0 fully saturated rings. The van der Waals surface area contributed by atoms with Crippen molar-refractivity contribution in [2.45, 2.75) is 19.6 Å². The van der Waals surface area contributed by atoms with Crippen molar-refractivity contribution >= 4 is 35.1 Å². The summed E-state index contributed by atoms with van der Waals surface area (Å²) in [6, 6.07) is 46.3. The smallest absolute Gasteiger partial charge is 0.259 e. The summed E-state index contributed by atoms with van der Waals surface area (Å²) in [5, 5.41) is 7.97. The van der Waals surface area contributed by atoms with E-state index in [1.165, 1.54) is 0 Å². The van der Waals surface area contributed by atoms with Crippen molar-refractivity contribution in [2.24, 2.45) is 0 Å². The van der Waals surface area contributed by atoms with Gasteiger partial charge in [0.1, 0.15) is 5.69 Å². The zero-order chi connectivity index (χ0) is 27.1. The number of benzene rings is 5. The first kappa shape index (κ1) is 25.7. The van der Waals surface area contributed by atoms with Gasteiger partial charge in [-0.25, -0.2) is 4.68 Å². The van der Waals surface area contributed by atoms with Crippen LogP contribution in [0.15, 0.2) is 165 Å². The number of hydrogen-bond acceptors (Lipinski definition) is 4. The van der Waals surface area contributed by atoms with Crippen LogP contribution in [0.5, 0.6) is 0 Å². The summed E-state index contributed by atoms with van der Waals surface area (Å²) in [4.78, 5) is 18.2. The second-order valence-electron chi connectivity index (χ2n) is 9.01. The third-order valence-corrected chi connectivity index (χ3v) is 8.08. The number of nitrogens with one attached hydrogen (secondary N) is 1. The maximum Gasteiger partial charge on any atom is 0.259 e. The molecule has 4 nitrogen and oxygen atoms in total. The maximum absolute atomic E-state index is 13.8. The predicted molar refractivity (Wildman–Crippen MR) is 165 cm³/mol. The Balaban J connectivity index is 1.35. The Morgan fingerprint density at radius 2 is 1.10 bits per heavy atom. The van der Waals surface area contributed by atoms with Crippen LogP contribution in [0, 0.1) is 0 Å². The molecule has 1 heterocycles. The van der Waals surface area contributed by atoms with E-state index >= 15 is 0 Å². The van der Waals surface area contributed by atoms with Crippen molar-refractivity contribution in [2.75, 3.05) is 5.32 Å². The first-order chi connectivity index (χ1) is 19.7. The van der Waals surface area contributed by atoms with Crippen LogP contribution in [0.1, 0.15) is 10.4 Å². The van der Waals surface area contributed by atoms with Gasteiger partial charge in [-0.1, -0.05) is 108 Å². The van der Waals surface area contributed by atoms with Crippen LogP contribution >= 0.6 is 23.5 Å². The molecule has 0 saturated carbocycles. The van der Waals surface area contributed by atoms with Crippen LogP contribution in [-0.4, -0.2) is 15.7 Å². The first-order valence-corrected chi connectivity index (χ1v) is 14.5. The summed E-state index contributed by atoms with van der Waals surface area (Å²) in [5.74, 6) is -0.210. The van der Waals surface area contributed by atoms with E-state index in [0.717, 1.165) is 36.5 Å². The average molecular weight is 556 g/mol. The van der Waals surface area contributed by atoms with Crippen LogP contribution in [-0.2, 0) is 0 Å². The molecule has 0 aliphatic carbocycles. The van der Waals surface area contributed by atoms with Crippen molar-refractivity contribution < 1.29 is 4.79 Å². The summed E-state index contributed by atoms with van der Waals surface area (Å²) in [6.45, 7) is 0. The van der Waals surface area contributed by atoms with E-state index in [1.54, 1.807) is 34.4 Å². The number of para-hydroxylation sites is 1. The number of amides is 1. The summed E-state index contributed by atoms with van der Waals surface area (Å²) in [6.07, 6.45) is 1.80. The zero-order valence-electron chi connectivity index (χ0n) is 21.5. The molecule has 1 amide bonds. The molecule has 0 atom stereocenters. The van der Waals surface area contributed by atoms with E-state index in [4.69, 9.17) is 5.10 Å². The molecule has 1 N–H and O–H groups in total. The summed E-state index contributed by atoms with van der Waals surface area (Å²) < 4.78 is 1.76. The quantitative estimate of drug-likeness (QED) is 0.203. The predicted octanol–water partition coefficient (Wildman–Crippen LogP) is 9.09. The third-order valence-electron chi connectivity index (χ3n) is 6.12. The summed E-state index contributed by atoms with van der Waals surface area (Å²) in [7, 11) is 0. The average Bonchev–Trinajstić information content (AvgIpc) is 3.45. The van der Waals surface area contributed by atoms with Gasteiger partial charge in [0, 0.05) is 37.0 Å². The number of carbonyl (C=O) groups excluding carboxylic acids is 1. The SMILES string of the molecule is O=C(Nc1cc(Sc2ccccc2)cc(Sc2ccccc2)c1)c1cn(-c2ccccc2)nc1-c1ccccc1. The molecule has 6 rings (SSSR count). The number of carbonyl (C=O) groups is 1. The lowest BCUT2D eigenvalue weighted by atomic mass is 10.1. The molecular formula is C34H25N3OS2. The van der Waals surface area contributed by atoms with E-state index in [2.05, 4.69) is 35.6 Å². The van der Waals surface area contributed by atoms with E-state index in [0.29, 0.717) is 11.3 Å². The topological polar surface area (TPSA) is 46.9 Å². The molecule has 0 aliphatic rings. The number of rotatable bonds is 8. The lowest BCUT2D eigenvalue weighted by Gasteiger charge is -2.11. The lowest BCUT2D eigenvalue weighted by molar-refractivity contribution is 0.102. The van der Waals surface area contributed by atoms with Gasteiger partial charge in [0.25, 0.3) is 5.91 Å². The number of aromatic nitrogens is 2. The minimum Gasteiger partial charge on any atom is -0.322 e. The second-order valence-corrected chi connectivity index (χ2v) is 11.3. The molecule has 0 spiro atoms. The van der Waals surface area contributed by atoms with Gasteiger partial charge in [-0.3, -0.25) is 4.79 Å². The van der Waals surface area contributed by atoms with Crippen molar-refractivity contribution in [1.29, 1.82) is 0 Å². The van der Waals surface area contributed by atoms with Crippen LogP contribution in [0.4, 0.5) is 5.69 Å². The Hall–Kier alpha value is -4.52. The molecule has 40 heavy (non-hydrogen) atoms. The monoisotopic (exact) mass is 555 g/mol. The fourth-order valence-electron chi connectivity index (χ4n) is 4.27. The van der Waals surface area contributed by atoms with Crippen molar-refractivity contribution in [1.82, 2.24) is 9.78 Å². The highest BCUT2D eigenvalue weighted by Crippen LogP contribution is 2.36. The molecule has 5 aromatic carbocycles.